The summed E-state index contributed by atoms with van der Waals surface area (Å²) in [6, 6.07) is 3.76. The summed E-state index contributed by atoms with van der Waals surface area (Å²) in [4.78, 5) is 4.17. The lowest BCUT2D eigenvalue weighted by Gasteiger charge is -1.98. The lowest BCUT2D eigenvalue weighted by molar-refractivity contribution is 0.281. The van der Waals surface area contributed by atoms with Gasteiger partial charge in [0.15, 0.2) is 0 Å². The fourth-order valence-electron chi connectivity index (χ4n) is 1.01. The van der Waals surface area contributed by atoms with Crippen LogP contribution in [0.25, 0.3) is 0 Å². The van der Waals surface area contributed by atoms with E-state index < -0.39 is 0 Å². The molecule has 0 bridgehead atoms. The zero-order valence-electron chi connectivity index (χ0n) is 8.26. The minimum absolute atomic E-state index is 0.101. The van der Waals surface area contributed by atoms with Gasteiger partial charge in [-0.25, -0.2) is 0 Å². The molecule has 0 aromatic carbocycles. The van der Waals surface area contributed by atoms with Crippen LogP contribution in [0.4, 0.5) is 0 Å². The largest absolute Gasteiger partial charge is 0.392 e. The molecule has 1 aromatic heterocycles. The smallest absolute Gasteiger partial charge is 0.0683 e. The first-order valence-corrected chi connectivity index (χ1v) is 4.27. The minimum Gasteiger partial charge on any atom is -0.392 e. The number of aryl methyl sites for hydroxylation is 2. The van der Waals surface area contributed by atoms with E-state index in [0.29, 0.717) is 0 Å². The topological polar surface area (TPSA) is 33.1 Å². The molecule has 68 valence electrons. The molecular weight excluding hydrogens is 150 g/mol. The Morgan fingerprint density at radius 1 is 1.17 bits per heavy atom. The molecule has 0 aliphatic rings. The number of aromatic nitrogens is 1. The third kappa shape index (κ3) is 3.49. The van der Waals surface area contributed by atoms with Gasteiger partial charge in [-0.2, -0.15) is 0 Å². The van der Waals surface area contributed by atoms with Crippen molar-refractivity contribution in [3.8, 4) is 0 Å². The van der Waals surface area contributed by atoms with E-state index in [1.807, 2.05) is 39.8 Å². The second-order valence-corrected chi connectivity index (χ2v) is 2.42. The molecule has 0 saturated heterocycles. The number of aliphatic hydroxyl groups is 1. The maximum atomic E-state index is 8.76. The summed E-state index contributed by atoms with van der Waals surface area (Å²) in [5.74, 6) is 0. The monoisotopic (exact) mass is 167 g/mol. The summed E-state index contributed by atoms with van der Waals surface area (Å²) < 4.78 is 0. The van der Waals surface area contributed by atoms with Crippen LogP contribution in [0.5, 0.6) is 0 Å². The Morgan fingerprint density at radius 3 is 1.92 bits per heavy atom. The van der Waals surface area contributed by atoms with Gasteiger partial charge in [0.05, 0.1) is 6.61 Å². The van der Waals surface area contributed by atoms with Gasteiger partial charge in [0, 0.05) is 11.4 Å². The molecule has 1 aromatic rings. The lowest BCUT2D eigenvalue weighted by atomic mass is 10.2. The van der Waals surface area contributed by atoms with E-state index in [2.05, 4.69) is 4.98 Å². The van der Waals surface area contributed by atoms with Crippen molar-refractivity contribution in [2.75, 3.05) is 0 Å². The average molecular weight is 167 g/mol. The second kappa shape index (κ2) is 5.72. The van der Waals surface area contributed by atoms with Crippen molar-refractivity contribution in [2.24, 2.45) is 0 Å². The lowest BCUT2D eigenvalue weighted by Crippen LogP contribution is -1.90. The highest BCUT2D eigenvalue weighted by atomic mass is 16.3. The van der Waals surface area contributed by atoms with Crippen molar-refractivity contribution in [2.45, 2.75) is 34.3 Å². The quantitative estimate of drug-likeness (QED) is 0.695. The van der Waals surface area contributed by atoms with Gasteiger partial charge < -0.3 is 5.11 Å². The standard InChI is InChI=1S/C8H11NO.C2H6/c1-6-3-8(5-10)4-7(2)9-6;1-2/h3-4,10H,5H2,1-2H3;1-2H3. The van der Waals surface area contributed by atoms with Crippen LogP contribution in [-0.2, 0) is 6.61 Å². The molecule has 1 rings (SSSR count). The summed E-state index contributed by atoms with van der Waals surface area (Å²) in [7, 11) is 0. The fourth-order valence-corrected chi connectivity index (χ4v) is 1.01. The Hall–Kier alpha value is -0.890. The van der Waals surface area contributed by atoms with Crippen LogP contribution in [-0.4, -0.2) is 10.1 Å². The Morgan fingerprint density at radius 2 is 1.58 bits per heavy atom. The van der Waals surface area contributed by atoms with Crippen molar-refractivity contribution in [1.29, 1.82) is 0 Å². The van der Waals surface area contributed by atoms with Gasteiger partial charge in [0.2, 0.25) is 0 Å². The molecule has 0 aliphatic carbocycles. The van der Waals surface area contributed by atoms with Gasteiger partial charge in [0.1, 0.15) is 0 Å². The molecule has 12 heavy (non-hydrogen) atoms. The van der Waals surface area contributed by atoms with Crippen LogP contribution in [0.3, 0.4) is 0 Å². The highest BCUT2D eigenvalue weighted by Gasteiger charge is 1.93. The Bertz CT molecular complexity index is 213. The van der Waals surface area contributed by atoms with Crippen LogP contribution in [0.15, 0.2) is 12.1 Å². The van der Waals surface area contributed by atoms with Crippen LogP contribution in [0, 0.1) is 13.8 Å². The van der Waals surface area contributed by atoms with E-state index in [0.717, 1.165) is 17.0 Å². The molecule has 0 radical (unpaired) electrons. The number of rotatable bonds is 1. The molecule has 2 nitrogen and oxygen atoms in total. The summed E-state index contributed by atoms with van der Waals surface area (Å²) in [6.07, 6.45) is 0. The molecule has 1 N–H and O–H groups in total. The van der Waals surface area contributed by atoms with E-state index in [9.17, 15) is 0 Å². The van der Waals surface area contributed by atoms with Crippen LogP contribution >= 0.6 is 0 Å². The first-order valence-electron chi connectivity index (χ1n) is 4.27. The SMILES string of the molecule is CC.Cc1cc(CO)cc(C)n1. The summed E-state index contributed by atoms with van der Waals surface area (Å²) in [5, 5.41) is 8.76. The molecular formula is C10H17NO. The summed E-state index contributed by atoms with van der Waals surface area (Å²) in [6.45, 7) is 7.95. The number of hydrogen-bond acceptors (Lipinski definition) is 2. The van der Waals surface area contributed by atoms with Crippen molar-refractivity contribution < 1.29 is 5.11 Å². The zero-order valence-corrected chi connectivity index (χ0v) is 8.26. The average Bonchev–Trinajstić information content (AvgIpc) is 2.06. The van der Waals surface area contributed by atoms with Crippen LogP contribution in [0.2, 0.25) is 0 Å². The van der Waals surface area contributed by atoms with E-state index in [1.165, 1.54) is 0 Å². The Labute approximate surface area is 74.3 Å². The molecule has 2 heteroatoms. The second-order valence-electron chi connectivity index (χ2n) is 2.42. The van der Waals surface area contributed by atoms with Gasteiger partial charge in [-0.15, -0.1) is 0 Å². The molecule has 0 unspecified atom stereocenters. The first-order chi connectivity index (χ1) is 5.72. The molecule has 0 aliphatic heterocycles. The first kappa shape index (κ1) is 11.1. The van der Waals surface area contributed by atoms with E-state index in [1.54, 1.807) is 0 Å². The number of pyridine rings is 1. The minimum atomic E-state index is 0.101. The van der Waals surface area contributed by atoms with Crippen molar-refractivity contribution in [3.63, 3.8) is 0 Å². The molecule has 0 fully saturated rings. The molecule has 0 amide bonds. The van der Waals surface area contributed by atoms with Crippen molar-refractivity contribution >= 4 is 0 Å². The van der Waals surface area contributed by atoms with Gasteiger partial charge >= 0.3 is 0 Å². The third-order valence-corrected chi connectivity index (χ3v) is 1.32. The summed E-state index contributed by atoms with van der Waals surface area (Å²) >= 11 is 0. The summed E-state index contributed by atoms with van der Waals surface area (Å²) in [5.41, 5.74) is 2.86. The Kier molecular flexibility index (Phi) is 5.30. The van der Waals surface area contributed by atoms with Gasteiger partial charge in [0.25, 0.3) is 0 Å². The predicted molar refractivity (Wildman–Crippen MR) is 51.0 cm³/mol. The zero-order chi connectivity index (χ0) is 9.56. The van der Waals surface area contributed by atoms with E-state index in [4.69, 9.17) is 5.11 Å². The number of hydrogen-bond donors (Lipinski definition) is 1. The van der Waals surface area contributed by atoms with E-state index >= 15 is 0 Å². The maximum Gasteiger partial charge on any atom is 0.0683 e. The van der Waals surface area contributed by atoms with Crippen molar-refractivity contribution in [1.82, 2.24) is 4.98 Å². The highest BCUT2D eigenvalue weighted by molar-refractivity contribution is 5.19. The molecule has 1 heterocycles. The fraction of sp³-hybridized carbons (Fsp3) is 0.500. The van der Waals surface area contributed by atoms with Gasteiger partial charge in [-0.1, -0.05) is 13.8 Å². The highest BCUT2D eigenvalue weighted by Crippen LogP contribution is 2.03. The molecule has 0 atom stereocenters. The van der Waals surface area contributed by atoms with Crippen molar-refractivity contribution in [3.05, 3.63) is 29.1 Å². The third-order valence-electron chi connectivity index (χ3n) is 1.32. The van der Waals surface area contributed by atoms with Gasteiger partial charge in [-0.3, -0.25) is 4.98 Å². The van der Waals surface area contributed by atoms with E-state index in [-0.39, 0.29) is 6.61 Å². The molecule has 0 spiro atoms. The normalized spacial score (nSPS) is 8.75. The number of aliphatic hydroxyl groups excluding tert-OH is 1. The van der Waals surface area contributed by atoms with Crippen LogP contribution in [0.1, 0.15) is 30.8 Å². The van der Waals surface area contributed by atoms with Gasteiger partial charge in [-0.05, 0) is 31.5 Å². The number of nitrogens with zero attached hydrogens (tertiary/aromatic N) is 1. The maximum absolute atomic E-state index is 8.76. The molecule has 0 saturated carbocycles. The van der Waals surface area contributed by atoms with Crippen LogP contribution < -0.4 is 0 Å². The Balaban J connectivity index is 0.000000561. The predicted octanol–water partition coefficient (Wildman–Crippen LogP) is 2.22.